The van der Waals surface area contributed by atoms with Crippen LogP contribution in [0.3, 0.4) is 0 Å². The molecule has 9 heteroatoms. The normalized spacial score (nSPS) is 20.4. The van der Waals surface area contributed by atoms with Crippen molar-refractivity contribution < 1.29 is 13.2 Å². The van der Waals surface area contributed by atoms with Gasteiger partial charge in [0.25, 0.3) is 0 Å². The fraction of sp³-hybridized carbons (Fsp3) is 0.381. The first kappa shape index (κ1) is 21.6. The van der Waals surface area contributed by atoms with Crippen molar-refractivity contribution in [2.45, 2.75) is 24.3 Å². The van der Waals surface area contributed by atoms with Crippen LogP contribution >= 0.6 is 23.2 Å². The number of carbonyl (C=O) groups excluding carboxylic acids is 1. The molecule has 2 aromatic rings. The lowest BCUT2D eigenvalue weighted by molar-refractivity contribution is -0.120. The second-order valence-electron chi connectivity index (χ2n) is 7.68. The largest absolute Gasteiger partial charge is 0.308 e. The smallest absolute Gasteiger partial charge is 0.246 e. The summed E-state index contributed by atoms with van der Waals surface area (Å²) < 4.78 is 27.4. The van der Waals surface area contributed by atoms with Gasteiger partial charge in [0.1, 0.15) is 4.90 Å². The maximum Gasteiger partial charge on any atom is 0.246 e. The zero-order valence-corrected chi connectivity index (χ0v) is 18.9. The van der Waals surface area contributed by atoms with Gasteiger partial charge in [-0.2, -0.15) is 4.31 Å². The Hall–Kier alpha value is -1.64. The molecule has 0 spiro atoms. The zero-order chi connectivity index (χ0) is 21.5. The maximum absolute atomic E-state index is 13.0. The van der Waals surface area contributed by atoms with E-state index in [1.54, 1.807) is 6.07 Å². The van der Waals surface area contributed by atoms with Crippen LogP contribution in [0.1, 0.15) is 12.5 Å². The molecule has 30 heavy (non-hydrogen) atoms. The molecule has 0 radical (unpaired) electrons. The Balaban J connectivity index is 1.41. The summed E-state index contributed by atoms with van der Waals surface area (Å²) >= 11 is 12.2. The molecule has 2 heterocycles. The Morgan fingerprint density at radius 1 is 1.00 bits per heavy atom. The number of anilines is 1. The van der Waals surface area contributed by atoms with E-state index in [1.807, 2.05) is 28.0 Å². The van der Waals surface area contributed by atoms with Gasteiger partial charge in [-0.1, -0.05) is 47.5 Å². The van der Waals surface area contributed by atoms with Gasteiger partial charge in [0.05, 0.1) is 16.6 Å². The number of fused-ring (bicyclic) bond motifs is 1. The van der Waals surface area contributed by atoms with E-state index in [0.717, 1.165) is 12.1 Å². The van der Waals surface area contributed by atoms with Crippen LogP contribution in [0.15, 0.2) is 47.4 Å². The summed E-state index contributed by atoms with van der Waals surface area (Å²) in [5.74, 6) is 0.0397. The van der Waals surface area contributed by atoms with Crippen molar-refractivity contribution in [3.05, 3.63) is 58.1 Å². The first-order valence-corrected chi connectivity index (χ1v) is 12.0. The Kier molecular flexibility index (Phi) is 6.10. The van der Waals surface area contributed by atoms with Gasteiger partial charge in [0.2, 0.25) is 15.9 Å². The maximum atomic E-state index is 13.0. The molecule has 2 aliphatic heterocycles. The second kappa shape index (κ2) is 8.48. The number of para-hydroxylation sites is 1. The number of carbonyl (C=O) groups is 1. The number of piperazine rings is 1. The molecule has 160 valence electrons. The van der Waals surface area contributed by atoms with Crippen molar-refractivity contribution >= 4 is 44.8 Å². The highest BCUT2D eigenvalue weighted by Gasteiger charge is 2.34. The first-order valence-electron chi connectivity index (χ1n) is 9.85. The first-order chi connectivity index (χ1) is 14.3. The van der Waals surface area contributed by atoms with E-state index < -0.39 is 10.0 Å². The van der Waals surface area contributed by atoms with Crippen molar-refractivity contribution in [1.29, 1.82) is 0 Å². The lowest BCUT2D eigenvalue weighted by Gasteiger charge is -2.35. The second-order valence-corrected chi connectivity index (χ2v) is 10.4. The number of rotatable bonds is 4. The Labute approximate surface area is 187 Å². The molecule has 1 amide bonds. The summed E-state index contributed by atoms with van der Waals surface area (Å²) in [6.07, 6.45) is 0.854. The molecule has 0 unspecified atom stereocenters. The highest BCUT2D eigenvalue weighted by Crippen LogP contribution is 2.33. The van der Waals surface area contributed by atoms with E-state index in [2.05, 4.69) is 13.0 Å². The fourth-order valence-electron chi connectivity index (χ4n) is 4.20. The van der Waals surface area contributed by atoms with E-state index in [1.165, 1.54) is 22.0 Å². The van der Waals surface area contributed by atoms with Gasteiger partial charge in [-0.05, 0) is 37.1 Å². The third-order valence-corrected chi connectivity index (χ3v) is 8.54. The Morgan fingerprint density at radius 2 is 1.63 bits per heavy atom. The van der Waals surface area contributed by atoms with Crippen LogP contribution in [-0.2, 0) is 21.2 Å². The van der Waals surface area contributed by atoms with Gasteiger partial charge in [-0.25, -0.2) is 8.42 Å². The zero-order valence-electron chi connectivity index (χ0n) is 16.6. The molecule has 1 atom stereocenters. The van der Waals surface area contributed by atoms with Crippen LogP contribution in [0.2, 0.25) is 10.0 Å². The average molecular weight is 468 g/mol. The molecule has 0 saturated carbocycles. The highest BCUT2D eigenvalue weighted by molar-refractivity contribution is 7.89. The van der Waals surface area contributed by atoms with Crippen LogP contribution < -0.4 is 4.90 Å². The summed E-state index contributed by atoms with van der Waals surface area (Å²) in [6.45, 7) is 3.82. The van der Waals surface area contributed by atoms with Crippen LogP contribution in [0.5, 0.6) is 0 Å². The Morgan fingerprint density at radius 3 is 2.30 bits per heavy atom. The number of hydrogen-bond donors (Lipinski definition) is 0. The molecule has 0 bridgehead atoms. The number of nitrogens with zero attached hydrogens (tertiary/aromatic N) is 3. The molecule has 2 aliphatic rings. The van der Waals surface area contributed by atoms with E-state index in [4.69, 9.17) is 23.2 Å². The molecule has 0 N–H and O–H groups in total. The third kappa shape index (κ3) is 3.97. The third-order valence-electron chi connectivity index (χ3n) is 5.68. The number of amides is 1. The molecule has 4 rings (SSSR count). The van der Waals surface area contributed by atoms with E-state index in [0.29, 0.717) is 13.1 Å². The summed E-state index contributed by atoms with van der Waals surface area (Å²) in [6, 6.07) is 12.8. The minimum atomic E-state index is -3.79. The summed E-state index contributed by atoms with van der Waals surface area (Å²) in [5, 5.41) is 0.226. The lowest BCUT2D eigenvalue weighted by atomic mass is 10.1. The number of benzene rings is 2. The molecule has 0 aliphatic carbocycles. The molecule has 0 aromatic heterocycles. The molecule has 1 fully saturated rings. The lowest BCUT2D eigenvalue weighted by Crippen LogP contribution is -2.52. The standard InChI is InChI=1S/C21H23Cl2N3O3S/c1-15-13-16-5-2-3-8-19(16)26(15)20(27)14-24-9-11-25(12-10-24)30(28,29)21-17(22)6-4-7-18(21)23/h2-8,15H,9-14H2,1H3/t15-/m0/s1. The topological polar surface area (TPSA) is 60.9 Å². The van der Waals surface area contributed by atoms with Gasteiger partial charge >= 0.3 is 0 Å². The molecule has 6 nitrogen and oxygen atoms in total. The van der Waals surface area contributed by atoms with Crippen molar-refractivity contribution in [2.75, 3.05) is 37.6 Å². The van der Waals surface area contributed by atoms with Crippen molar-refractivity contribution in [3.8, 4) is 0 Å². The predicted octanol–water partition coefficient (Wildman–Crippen LogP) is 3.28. The van der Waals surface area contributed by atoms with Gasteiger partial charge in [-0.15, -0.1) is 0 Å². The Bertz CT molecular complexity index is 1050. The fourth-order valence-corrected chi connectivity index (χ4v) is 6.71. The van der Waals surface area contributed by atoms with Gasteiger partial charge in [0.15, 0.2) is 0 Å². The average Bonchev–Trinajstić information content (AvgIpc) is 3.04. The van der Waals surface area contributed by atoms with Crippen LogP contribution in [0, 0.1) is 0 Å². The van der Waals surface area contributed by atoms with Gasteiger partial charge in [-0.3, -0.25) is 9.69 Å². The number of hydrogen-bond acceptors (Lipinski definition) is 4. The van der Waals surface area contributed by atoms with Gasteiger partial charge < -0.3 is 4.90 Å². The summed E-state index contributed by atoms with van der Waals surface area (Å²) in [5.41, 5.74) is 2.16. The van der Waals surface area contributed by atoms with Crippen LogP contribution in [0.25, 0.3) is 0 Å². The van der Waals surface area contributed by atoms with Crippen LogP contribution in [0.4, 0.5) is 5.69 Å². The molecular formula is C21H23Cl2N3O3S. The molecule has 2 aromatic carbocycles. The highest BCUT2D eigenvalue weighted by atomic mass is 35.5. The monoisotopic (exact) mass is 467 g/mol. The minimum absolute atomic E-state index is 0.0397. The van der Waals surface area contributed by atoms with Crippen molar-refractivity contribution in [3.63, 3.8) is 0 Å². The van der Waals surface area contributed by atoms with Crippen LogP contribution in [-0.4, -0.2) is 62.3 Å². The van der Waals surface area contributed by atoms with E-state index >= 15 is 0 Å². The number of sulfonamides is 1. The SMILES string of the molecule is C[C@H]1Cc2ccccc2N1C(=O)CN1CCN(S(=O)(=O)c2c(Cl)cccc2Cl)CC1. The molecular weight excluding hydrogens is 445 g/mol. The van der Waals surface area contributed by atoms with E-state index in [9.17, 15) is 13.2 Å². The number of halogens is 2. The summed E-state index contributed by atoms with van der Waals surface area (Å²) in [4.78, 5) is 16.8. The molecule has 1 saturated heterocycles. The van der Waals surface area contributed by atoms with Crippen molar-refractivity contribution in [2.24, 2.45) is 0 Å². The quantitative estimate of drug-likeness (QED) is 0.691. The predicted molar refractivity (Wildman–Crippen MR) is 119 cm³/mol. The van der Waals surface area contributed by atoms with Crippen molar-refractivity contribution in [1.82, 2.24) is 9.21 Å². The summed E-state index contributed by atoms with van der Waals surface area (Å²) in [7, 11) is -3.79. The van der Waals surface area contributed by atoms with E-state index in [-0.39, 0.29) is 46.5 Å². The minimum Gasteiger partial charge on any atom is -0.308 e. The van der Waals surface area contributed by atoms with Gasteiger partial charge in [0, 0.05) is 37.9 Å².